The Hall–Kier alpha value is -1.52. The van der Waals surface area contributed by atoms with Crippen molar-refractivity contribution in [3.05, 3.63) is 56.5 Å². The lowest BCUT2D eigenvalue weighted by Gasteiger charge is -2.14. The van der Waals surface area contributed by atoms with E-state index in [1.807, 2.05) is 26.0 Å². The maximum atomic E-state index is 12.4. The van der Waals surface area contributed by atoms with E-state index in [0.29, 0.717) is 16.3 Å². The third-order valence-electron chi connectivity index (χ3n) is 3.01. The molecule has 0 unspecified atom stereocenters. The van der Waals surface area contributed by atoms with Crippen molar-refractivity contribution in [2.75, 3.05) is 11.1 Å². The minimum Gasteiger partial charge on any atom is -0.398 e. The zero-order valence-corrected chi connectivity index (χ0v) is 13.5. The van der Waals surface area contributed by atoms with E-state index in [0.717, 1.165) is 21.3 Å². The quantitative estimate of drug-likeness (QED) is 0.778. The second kappa shape index (κ2) is 5.85. The summed E-state index contributed by atoms with van der Waals surface area (Å²) >= 11 is 9.47. The molecule has 0 saturated heterocycles. The fourth-order valence-electron chi connectivity index (χ4n) is 2.06. The first-order valence-corrected chi connectivity index (χ1v) is 7.19. The average molecular weight is 354 g/mol. The van der Waals surface area contributed by atoms with Gasteiger partial charge >= 0.3 is 0 Å². The maximum Gasteiger partial charge on any atom is 0.259 e. The Kier molecular flexibility index (Phi) is 4.35. The molecule has 0 atom stereocenters. The number of benzene rings is 2. The lowest BCUT2D eigenvalue weighted by atomic mass is 10.1. The van der Waals surface area contributed by atoms with Crippen LogP contribution in [0.15, 0.2) is 34.8 Å². The fraction of sp³-hybridized carbons (Fsp3) is 0.133. The Bertz CT molecular complexity index is 642. The molecule has 0 heterocycles. The van der Waals surface area contributed by atoms with Gasteiger partial charge in [-0.3, -0.25) is 4.79 Å². The maximum absolute atomic E-state index is 12.4. The molecule has 3 N–H and O–H groups in total. The van der Waals surface area contributed by atoms with E-state index in [4.69, 9.17) is 17.3 Å². The van der Waals surface area contributed by atoms with Gasteiger partial charge in [-0.2, -0.15) is 0 Å². The van der Waals surface area contributed by atoms with Gasteiger partial charge in [0.15, 0.2) is 0 Å². The summed E-state index contributed by atoms with van der Waals surface area (Å²) in [6.07, 6.45) is 0. The highest BCUT2D eigenvalue weighted by Gasteiger charge is 2.16. The number of anilines is 2. The van der Waals surface area contributed by atoms with E-state index >= 15 is 0 Å². The van der Waals surface area contributed by atoms with E-state index in [-0.39, 0.29) is 5.91 Å². The van der Waals surface area contributed by atoms with Crippen molar-refractivity contribution in [1.29, 1.82) is 0 Å². The molecule has 0 spiro atoms. The molecule has 0 bridgehead atoms. The molecule has 1 amide bonds. The van der Waals surface area contributed by atoms with Crippen LogP contribution in [0.4, 0.5) is 11.4 Å². The molecule has 0 radical (unpaired) electrons. The van der Waals surface area contributed by atoms with Gasteiger partial charge < -0.3 is 11.1 Å². The van der Waals surface area contributed by atoms with Crippen molar-refractivity contribution in [3.63, 3.8) is 0 Å². The smallest absolute Gasteiger partial charge is 0.259 e. The zero-order valence-electron chi connectivity index (χ0n) is 11.1. The van der Waals surface area contributed by atoms with Gasteiger partial charge in [-0.15, -0.1) is 0 Å². The van der Waals surface area contributed by atoms with E-state index in [1.165, 1.54) is 0 Å². The number of carbonyl (C=O) groups excluding carboxylic acids is 1. The van der Waals surface area contributed by atoms with Gasteiger partial charge in [-0.25, -0.2) is 0 Å². The molecular weight excluding hydrogens is 340 g/mol. The average Bonchev–Trinajstić information content (AvgIpc) is 2.33. The lowest BCUT2D eigenvalue weighted by Crippen LogP contribution is -2.16. The van der Waals surface area contributed by atoms with E-state index in [1.54, 1.807) is 18.2 Å². The molecule has 0 aliphatic carbocycles. The van der Waals surface area contributed by atoms with Gasteiger partial charge in [0.05, 0.1) is 10.6 Å². The molecule has 0 fully saturated rings. The Labute approximate surface area is 131 Å². The highest BCUT2D eigenvalue weighted by atomic mass is 79.9. The molecule has 20 heavy (non-hydrogen) atoms. The number of carbonyl (C=O) groups is 1. The summed E-state index contributed by atoms with van der Waals surface area (Å²) in [4.78, 5) is 12.4. The van der Waals surface area contributed by atoms with Crippen LogP contribution in [0.5, 0.6) is 0 Å². The minimum atomic E-state index is -0.304. The van der Waals surface area contributed by atoms with E-state index < -0.39 is 0 Å². The summed E-state index contributed by atoms with van der Waals surface area (Å²) in [5.41, 5.74) is 9.20. The molecule has 104 valence electrons. The minimum absolute atomic E-state index is 0.302. The largest absolute Gasteiger partial charge is 0.398 e. The van der Waals surface area contributed by atoms with Gasteiger partial charge in [0, 0.05) is 15.8 Å². The van der Waals surface area contributed by atoms with Gasteiger partial charge in [0.25, 0.3) is 5.91 Å². The first kappa shape index (κ1) is 14.9. The first-order valence-electron chi connectivity index (χ1n) is 6.02. The van der Waals surface area contributed by atoms with Crippen LogP contribution in [0.3, 0.4) is 0 Å². The molecule has 3 nitrogen and oxygen atoms in total. The molecule has 0 aromatic heterocycles. The summed E-state index contributed by atoms with van der Waals surface area (Å²) < 4.78 is 0.975. The number of hydrogen-bond donors (Lipinski definition) is 2. The molecule has 2 rings (SSSR count). The highest BCUT2D eigenvalue weighted by molar-refractivity contribution is 9.10. The number of halogens is 2. The van der Waals surface area contributed by atoms with Crippen LogP contribution in [-0.2, 0) is 0 Å². The summed E-state index contributed by atoms with van der Waals surface area (Å²) in [5.74, 6) is -0.304. The van der Waals surface area contributed by atoms with Crippen LogP contribution in [0.2, 0.25) is 5.02 Å². The topological polar surface area (TPSA) is 55.1 Å². The van der Waals surface area contributed by atoms with Gasteiger partial charge in [-0.05, 0) is 49.2 Å². The zero-order chi connectivity index (χ0) is 14.9. The van der Waals surface area contributed by atoms with Crippen LogP contribution in [-0.4, -0.2) is 5.91 Å². The van der Waals surface area contributed by atoms with Crippen molar-refractivity contribution < 1.29 is 4.79 Å². The lowest BCUT2D eigenvalue weighted by molar-refractivity contribution is 0.102. The van der Waals surface area contributed by atoms with Crippen molar-refractivity contribution >= 4 is 44.8 Å². The van der Waals surface area contributed by atoms with Crippen LogP contribution in [0, 0.1) is 13.8 Å². The number of rotatable bonds is 2. The van der Waals surface area contributed by atoms with Crippen LogP contribution < -0.4 is 11.1 Å². The molecule has 2 aromatic rings. The molecule has 0 aliphatic heterocycles. The van der Waals surface area contributed by atoms with Crippen LogP contribution >= 0.6 is 27.5 Å². The van der Waals surface area contributed by atoms with Crippen molar-refractivity contribution in [2.45, 2.75) is 13.8 Å². The molecule has 5 heteroatoms. The van der Waals surface area contributed by atoms with E-state index in [2.05, 4.69) is 21.2 Å². The Morgan fingerprint density at radius 3 is 2.40 bits per heavy atom. The number of hydrogen-bond acceptors (Lipinski definition) is 2. The highest BCUT2D eigenvalue weighted by Crippen LogP contribution is 2.28. The van der Waals surface area contributed by atoms with Crippen molar-refractivity contribution in [1.82, 2.24) is 0 Å². The van der Waals surface area contributed by atoms with Crippen molar-refractivity contribution in [3.8, 4) is 0 Å². The van der Waals surface area contributed by atoms with Gasteiger partial charge in [0.2, 0.25) is 0 Å². The van der Waals surface area contributed by atoms with Gasteiger partial charge in [0.1, 0.15) is 0 Å². The van der Waals surface area contributed by atoms with Crippen molar-refractivity contribution in [2.24, 2.45) is 0 Å². The van der Waals surface area contributed by atoms with E-state index in [9.17, 15) is 4.79 Å². The first-order chi connectivity index (χ1) is 9.40. The number of amides is 1. The monoisotopic (exact) mass is 352 g/mol. The second-order valence-corrected chi connectivity index (χ2v) is 5.90. The molecular formula is C15H14BrClN2O. The number of aryl methyl sites for hydroxylation is 2. The molecule has 0 aliphatic rings. The van der Waals surface area contributed by atoms with Gasteiger partial charge in [-0.1, -0.05) is 33.6 Å². The predicted molar refractivity (Wildman–Crippen MR) is 87.4 cm³/mol. The standard InChI is InChI=1S/C15H14BrClN2O/c1-8-6-10(16)7-9(2)14(8)19-15(20)13-11(17)4-3-5-12(13)18/h3-7H,18H2,1-2H3,(H,19,20). The number of nitrogens with two attached hydrogens (primary N) is 1. The predicted octanol–water partition coefficient (Wildman–Crippen LogP) is 4.55. The summed E-state index contributed by atoms with van der Waals surface area (Å²) in [6.45, 7) is 3.87. The summed E-state index contributed by atoms with van der Waals surface area (Å²) in [5, 5.41) is 3.22. The third kappa shape index (κ3) is 2.97. The third-order valence-corrected chi connectivity index (χ3v) is 3.78. The number of nitrogens with one attached hydrogen (secondary N) is 1. The normalized spacial score (nSPS) is 10.4. The SMILES string of the molecule is Cc1cc(Br)cc(C)c1NC(=O)c1c(N)cccc1Cl. The second-order valence-electron chi connectivity index (χ2n) is 4.57. The van der Waals surface area contributed by atoms with Crippen LogP contribution in [0.1, 0.15) is 21.5 Å². The van der Waals surface area contributed by atoms with Crippen LogP contribution in [0.25, 0.3) is 0 Å². The summed E-state index contributed by atoms with van der Waals surface area (Å²) in [7, 11) is 0. The Morgan fingerprint density at radius 1 is 1.25 bits per heavy atom. The Morgan fingerprint density at radius 2 is 1.85 bits per heavy atom. The molecule has 2 aromatic carbocycles. The summed E-state index contributed by atoms with van der Waals surface area (Å²) in [6, 6.07) is 8.90. The number of nitrogen functional groups attached to an aromatic ring is 1. The Balaban J connectivity index is 2.38. The fourth-order valence-corrected chi connectivity index (χ4v) is 3.02. The molecule has 0 saturated carbocycles.